The molecule has 2 fully saturated rings. The molecule has 0 bridgehead atoms. The van der Waals surface area contributed by atoms with Gasteiger partial charge in [0.15, 0.2) is 0 Å². The molecule has 2 amide bonds. The van der Waals surface area contributed by atoms with Gasteiger partial charge in [-0.15, -0.1) is 11.8 Å². The van der Waals surface area contributed by atoms with Gasteiger partial charge in [0.25, 0.3) is 0 Å². The summed E-state index contributed by atoms with van der Waals surface area (Å²) in [6.07, 6.45) is 0. The quantitative estimate of drug-likeness (QED) is 0.882. The highest BCUT2D eigenvalue weighted by atomic mass is 32.2. The molecule has 5 nitrogen and oxygen atoms in total. The van der Waals surface area contributed by atoms with E-state index in [0.717, 1.165) is 0 Å². The zero-order valence-corrected chi connectivity index (χ0v) is 12.6. The average Bonchev–Trinajstić information content (AvgIpc) is 3.07. The van der Waals surface area contributed by atoms with E-state index in [0.29, 0.717) is 24.7 Å². The fourth-order valence-corrected chi connectivity index (χ4v) is 3.79. The Kier molecular flexibility index (Phi) is 4.17. The van der Waals surface area contributed by atoms with Crippen molar-refractivity contribution in [3.63, 3.8) is 0 Å². The number of carbonyl (C=O) groups is 2. The van der Waals surface area contributed by atoms with Gasteiger partial charge in [-0.1, -0.05) is 30.3 Å². The van der Waals surface area contributed by atoms with Crippen LogP contribution in [0.2, 0.25) is 0 Å². The molecule has 0 radical (unpaired) electrons. The van der Waals surface area contributed by atoms with E-state index >= 15 is 0 Å². The van der Waals surface area contributed by atoms with Crippen LogP contribution in [0.25, 0.3) is 0 Å². The van der Waals surface area contributed by atoms with E-state index < -0.39 is 0 Å². The second-order valence-corrected chi connectivity index (χ2v) is 6.50. The smallest absolute Gasteiger partial charge is 0.242 e. The number of rotatable bonds is 3. The summed E-state index contributed by atoms with van der Waals surface area (Å²) in [5, 5.41) is 0. The maximum atomic E-state index is 12.3. The number of benzene rings is 1. The fourth-order valence-electron chi connectivity index (χ4n) is 2.89. The lowest BCUT2D eigenvalue weighted by molar-refractivity contribution is -0.137. The minimum absolute atomic E-state index is 0.000249. The van der Waals surface area contributed by atoms with Crippen LogP contribution in [0.3, 0.4) is 0 Å². The molecular weight excluding hydrogens is 286 g/mol. The van der Waals surface area contributed by atoms with Crippen molar-refractivity contribution in [3.8, 4) is 0 Å². The van der Waals surface area contributed by atoms with Crippen molar-refractivity contribution in [3.05, 3.63) is 35.9 Å². The molecule has 0 unspecified atom stereocenters. The molecule has 2 heterocycles. The maximum absolute atomic E-state index is 12.3. The second-order valence-electron chi connectivity index (χ2n) is 5.55. The Hall–Kier alpha value is -1.53. The van der Waals surface area contributed by atoms with Crippen LogP contribution in [-0.2, 0) is 9.59 Å². The number of nitrogens with two attached hydrogens (primary N) is 1. The summed E-state index contributed by atoms with van der Waals surface area (Å²) in [5.41, 5.74) is 7.37. The van der Waals surface area contributed by atoms with Crippen molar-refractivity contribution < 1.29 is 9.59 Å². The first-order valence-electron chi connectivity index (χ1n) is 7.09. The van der Waals surface area contributed by atoms with Gasteiger partial charge in [-0.05, 0) is 5.56 Å². The number of nitrogens with zero attached hydrogens (tertiary/aromatic N) is 2. The van der Waals surface area contributed by atoms with Crippen LogP contribution in [0.4, 0.5) is 0 Å². The Morgan fingerprint density at radius 2 is 2.05 bits per heavy atom. The predicted octanol–water partition coefficient (Wildman–Crippen LogP) is 0.473. The standard InChI is InChI=1S/C15H19N3O2S/c16-13-7-17(6-12(13)11-4-2-1-3-5-11)14(19)8-18-10-21-9-15(18)20/h1-5,12-13H,6-10,16H2/t12-,13+/m0/s1. The van der Waals surface area contributed by atoms with Crippen LogP contribution in [-0.4, -0.2) is 58.9 Å². The lowest BCUT2D eigenvalue weighted by atomic mass is 9.95. The van der Waals surface area contributed by atoms with E-state index in [4.69, 9.17) is 5.73 Å². The van der Waals surface area contributed by atoms with E-state index in [9.17, 15) is 9.59 Å². The minimum atomic E-state index is -0.0417. The van der Waals surface area contributed by atoms with Crippen LogP contribution in [0, 0.1) is 0 Å². The first-order valence-corrected chi connectivity index (χ1v) is 8.24. The molecule has 6 heteroatoms. The van der Waals surface area contributed by atoms with Gasteiger partial charge in [0, 0.05) is 25.0 Å². The van der Waals surface area contributed by atoms with Gasteiger partial charge in [0.1, 0.15) is 6.54 Å². The third-order valence-corrected chi connectivity index (χ3v) is 5.04. The fraction of sp³-hybridized carbons (Fsp3) is 0.467. The van der Waals surface area contributed by atoms with Crippen molar-refractivity contribution >= 4 is 23.6 Å². The number of likely N-dealkylation sites (tertiary alicyclic amines) is 1. The first-order chi connectivity index (χ1) is 10.1. The largest absolute Gasteiger partial charge is 0.339 e. The van der Waals surface area contributed by atoms with Crippen molar-refractivity contribution in [1.29, 1.82) is 0 Å². The van der Waals surface area contributed by atoms with Crippen LogP contribution >= 0.6 is 11.8 Å². The van der Waals surface area contributed by atoms with Crippen LogP contribution in [0.5, 0.6) is 0 Å². The Balaban J connectivity index is 1.63. The molecule has 0 saturated carbocycles. The van der Waals surface area contributed by atoms with Crippen LogP contribution in [0.15, 0.2) is 30.3 Å². The Morgan fingerprint density at radius 3 is 2.71 bits per heavy atom. The summed E-state index contributed by atoms with van der Waals surface area (Å²) in [4.78, 5) is 27.3. The monoisotopic (exact) mass is 305 g/mol. The molecule has 2 saturated heterocycles. The van der Waals surface area contributed by atoms with Crippen molar-refractivity contribution in [2.24, 2.45) is 5.73 Å². The van der Waals surface area contributed by atoms with Crippen molar-refractivity contribution in [2.45, 2.75) is 12.0 Å². The predicted molar refractivity (Wildman–Crippen MR) is 82.8 cm³/mol. The van der Waals surface area contributed by atoms with Crippen molar-refractivity contribution in [2.75, 3.05) is 31.3 Å². The molecular formula is C15H19N3O2S. The highest BCUT2D eigenvalue weighted by molar-refractivity contribution is 8.00. The topological polar surface area (TPSA) is 66.6 Å². The van der Waals surface area contributed by atoms with Gasteiger partial charge in [-0.3, -0.25) is 9.59 Å². The Morgan fingerprint density at radius 1 is 1.29 bits per heavy atom. The molecule has 2 aliphatic heterocycles. The number of thioether (sulfide) groups is 1. The SMILES string of the molecule is N[C@@H]1CN(C(=O)CN2CSCC2=O)C[C@H]1c1ccccc1. The molecule has 2 N–H and O–H groups in total. The molecule has 0 spiro atoms. The lowest BCUT2D eigenvalue weighted by Crippen LogP contribution is -2.40. The third kappa shape index (κ3) is 3.06. The van der Waals surface area contributed by atoms with E-state index in [1.807, 2.05) is 18.2 Å². The molecule has 1 aromatic rings. The van der Waals surface area contributed by atoms with Gasteiger partial charge >= 0.3 is 0 Å². The van der Waals surface area contributed by atoms with E-state index in [1.165, 1.54) is 5.56 Å². The van der Waals surface area contributed by atoms with E-state index in [2.05, 4.69) is 12.1 Å². The van der Waals surface area contributed by atoms with Gasteiger partial charge < -0.3 is 15.5 Å². The average molecular weight is 305 g/mol. The van der Waals surface area contributed by atoms with Crippen LogP contribution < -0.4 is 5.73 Å². The highest BCUT2D eigenvalue weighted by Gasteiger charge is 2.35. The maximum Gasteiger partial charge on any atom is 0.242 e. The Bertz CT molecular complexity index is 537. The summed E-state index contributed by atoms with van der Waals surface area (Å²) >= 11 is 1.55. The lowest BCUT2D eigenvalue weighted by Gasteiger charge is -2.20. The molecule has 0 aromatic heterocycles. The normalized spacial score (nSPS) is 25.7. The third-order valence-electron chi connectivity index (χ3n) is 4.10. The number of hydrogen-bond donors (Lipinski definition) is 1. The number of amides is 2. The van der Waals surface area contributed by atoms with E-state index in [-0.39, 0.29) is 30.3 Å². The summed E-state index contributed by atoms with van der Waals surface area (Å²) in [6.45, 7) is 1.38. The number of carbonyl (C=O) groups excluding carboxylic acids is 2. The molecule has 0 aliphatic carbocycles. The summed E-state index contributed by atoms with van der Waals surface area (Å²) in [5.74, 6) is 1.33. The van der Waals surface area contributed by atoms with Gasteiger partial charge in [-0.2, -0.15) is 0 Å². The highest BCUT2D eigenvalue weighted by Crippen LogP contribution is 2.26. The molecule has 3 rings (SSSR count). The van der Waals surface area contributed by atoms with Gasteiger partial charge in [0.2, 0.25) is 11.8 Å². The number of hydrogen-bond acceptors (Lipinski definition) is 4. The zero-order valence-electron chi connectivity index (χ0n) is 11.8. The Labute approximate surface area is 128 Å². The second kappa shape index (κ2) is 6.07. The van der Waals surface area contributed by atoms with Gasteiger partial charge in [0.05, 0.1) is 11.6 Å². The summed E-state index contributed by atoms with van der Waals surface area (Å²) < 4.78 is 0. The molecule has 112 valence electrons. The molecule has 2 atom stereocenters. The van der Waals surface area contributed by atoms with Crippen LogP contribution in [0.1, 0.15) is 11.5 Å². The molecule has 21 heavy (non-hydrogen) atoms. The molecule has 1 aromatic carbocycles. The zero-order chi connectivity index (χ0) is 14.8. The van der Waals surface area contributed by atoms with Gasteiger partial charge in [-0.25, -0.2) is 0 Å². The molecule has 2 aliphatic rings. The van der Waals surface area contributed by atoms with E-state index in [1.54, 1.807) is 21.6 Å². The summed E-state index contributed by atoms with van der Waals surface area (Å²) in [7, 11) is 0. The minimum Gasteiger partial charge on any atom is -0.339 e. The van der Waals surface area contributed by atoms with Crippen molar-refractivity contribution in [1.82, 2.24) is 9.80 Å². The first kappa shape index (κ1) is 14.4. The summed E-state index contributed by atoms with van der Waals surface area (Å²) in [6, 6.07) is 10.0.